The van der Waals surface area contributed by atoms with Gasteiger partial charge in [0.1, 0.15) is 17.1 Å². The van der Waals surface area contributed by atoms with Crippen LogP contribution in [0.4, 0.5) is 9.93 Å². The molecule has 2 aromatic rings. The number of carbonyl (C=O) groups is 6. The number of nitrogens with zero attached hydrogens (tertiary/aromatic N) is 7. The van der Waals surface area contributed by atoms with Crippen LogP contribution in [0.3, 0.4) is 0 Å². The number of halogens is 1. The predicted octanol–water partition coefficient (Wildman–Crippen LogP) is -0.339. The Hall–Kier alpha value is -5.88. The summed E-state index contributed by atoms with van der Waals surface area (Å²) in [6.45, 7) is 3.10. The van der Waals surface area contributed by atoms with Gasteiger partial charge < -0.3 is 51.7 Å². The first-order valence-electron chi connectivity index (χ1n) is 15.4. The molecule has 54 heavy (non-hydrogen) atoms. The first-order chi connectivity index (χ1) is 25.3. The highest BCUT2D eigenvalue weighted by Gasteiger charge is 2.67. The number of amides is 5. The van der Waals surface area contributed by atoms with Crippen molar-refractivity contribution in [3.8, 4) is 11.5 Å². The van der Waals surface area contributed by atoms with Crippen LogP contribution in [-0.4, -0.2) is 146 Å². The van der Waals surface area contributed by atoms with Gasteiger partial charge in [-0.25, -0.2) is 24.4 Å². The number of phenols is 2. The lowest BCUT2D eigenvalue weighted by atomic mass is 10.0. The summed E-state index contributed by atoms with van der Waals surface area (Å²) < 4.78 is 0. The minimum absolute atomic E-state index is 0.0576. The number of anilines is 1. The first kappa shape index (κ1) is 39.3. The number of carboxylic acids is 2. The zero-order valence-corrected chi connectivity index (χ0v) is 30.5. The largest absolute Gasteiger partial charge is 0.504 e. The molecule has 3 aliphatic heterocycles. The third-order valence-electron chi connectivity index (χ3n) is 8.26. The van der Waals surface area contributed by atoms with Crippen molar-refractivity contribution in [1.29, 1.82) is 0 Å². The van der Waals surface area contributed by atoms with E-state index in [4.69, 9.17) is 22.2 Å². The van der Waals surface area contributed by atoms with E-state index in [1.807, 2.05) is 0 Å². The molecule has 4 heterocycles. The Morgan fingerprint density at radius 3 is 2.50 bits per heavy atom. The summed E-state index contributed by atoms with van der Waals surface area (Å²) in [6.07, 6.45) is 1.12. The van der Waals surface area contributed by atoms with E-state index in [1.165, 1.54) is 24.1 Å². The smallest absolute Gasteiger partial charge is 0.350 e. The van der Waals surface area contributed by atoms with Gasteiger partial charge in [0.05, 0.1) is 30.7 Å². The Morgan fingerprint density at radius 1 is 1.19 bits per heavy atom. The molecule has 0 spiro atoms. The number of phenolic OH excluding ortho intramolecular Hbond substituents is 2. The molecule has 5 rings (SSSR count). The van der Waals surface area contributed by atoms with E-state index in [0.29, 0.717) is 0 Å². The van der Waals surface area contributed by atoms with Crippen LogP contribution < -0.4 is 16.4 Å². The number of carbonyl (C=O) groups excluding carboxylic acids is 4. The average molecular weight is 811 g/mol. The molecule has 5 amide bonds. The second kappa shape index (κ2) is 14.9. The summed E-state index contributed by atoms with van der Waals surface area (Å²) in [7, 11) is 0. The summed E-state index contributed by atoms with van der Waals surface area (Å²) in [5.41, 5.74) is 2.47. The van der Waals surface area contributed by atoms with Gasteiger partial charge in [-0.15, -0.1) is 11.3 Å². The van der Waals surface area contributed by atoms with Crippen LogP contribution in [0.25, 0.3) is 0 Å². The number of nitrogens with one attached hydrogen (secondary N) is 2. The van der Waals surface area contributed by atoms with Crippen LogP contribution in [0, 0.1) is 0 Å². The fraction of sp³-hybridized carbons (Fsp3) is 0.379. The van der Waals surface area contributed by atoms with Gasteiger partial charge in [0.25, 0.3) is 11.8 Å². The second-order valence-corrected chi connectivity index (χ2v) is 14.9. The number of aliphatic carboxylic acids is 2. The maximum atomic E-state index is 13.6. The molecule has 288 valence electrons. The van der Waals surface area contributed by atoms with E-state index in [9.17, 15) is 54.4 Å². The third-order valence-corrected chi connectivity index (χ3v) is 11.0. The molecule has 1 aromatic heterocycles. The standard InChI is InChI=1S/C29H31ClN10O12S2/c1-11-8-39(33-7-6-32-20(43)16(36-51)12-4-5-14(41)19(42)15(12)30)27(50)40(11)29(25(48)49)10-38-22(45)18(23(38)54-29)35-21(44)17(13-9-53-26(31)34-13)37-52-28(2,3)24(46)47/h4-5,7,9,11,18,23,41-42,51H,6,8,10H2,1-3H3,(H2,31,34)(H,32,43)(H,35,44)(H,46,47)(H,48,49)/b33-7+,36-16-,37-17-/t11-,18+,23+,29+/m0/s1. The maximum absolute atomic E-state index is 13.6. The number of carboxylic acid groups (broad SMARTS) is 2. The highest BCUT2D eigenvalue weighted by molar-refractivity contribution is 8.02. The first-order valence-corrected chi connectivity index (χ1v) is 17.6. The van der Waals surface area contributed by atoms with E-state index in [1.54, 1.807) is 6.92 Å². The van der Waals surface area contributed by atoms with Gasteiger partial charge in [0.15, 0.2) is 28.1 Å². The number of hydrazone groups is 1. The number of aromatic hydroxyl groups is 2. The van der Waals surface area contributed by atoms with Gasteiger partial charge >= 0.3 is 18.0 Å². The van der Waals surface area contributed by atoms with Crippen molar-refractivity contribution in [1.82, 2.24) is 30.4 Å². The predicted molar refractivity (Wildman–Crippen MR) is 189 cm³/mol. The Labute approximate surface area is 316 Å². The van der Waals surface area contributed by atoms with E-state index in [2.05, 4.69) is 31.0 Å². The average Bonchev–Trinajstić information content (AvgIpc) is 3.79. The minimum Gasteiger partial charge on any atom is -0.504 e. The highest BCUT2D eigenvalue weighted by Crippen LogP contribution is 2.50. The van der Waals surface area contributed by atoms with Crippen LogP contribution >= 0.6 is 34.7 Å². The van der Waals surface area contributed by atoms with Crippen molar-refractivity contribution in [3.05, 3.63) is 33.8 Å². The van der Waals surface area contributed by atoms with E-state index < -0.39 is 98.1 Å². The molecule has 0 saturated carbocycles. The zero-order valence-electron chi connectivity index (χ0n) is 28.2. The van der Waals surface area contributed by atoms with Crippen molar-refractivity contribution in [2.24, 2.45) is 15.4 Å². The molecule has 3 fully saturated rings. The zero-order chi connectivity index (χ0) is 39.9. The summed E-state index contributed by atoms with van der Waals surface area (Å²) in [4.78, 5) is 86.6. The van der Waals surface area contributed by atoms with Crippen LogP contribution in [0.2, 0.25) is 5.02 Å². The number of nitrogens with two attached hydrogens (primary N) is 1. The van der Waals surface area contributed by atoms with Crippen LogP contribution in [0.15, 0.2) is 32.9 Å². The number of β-lactam (4-membered cyclic amide) rings is 1. The number of thiazole rings is 1. The number of thioether (sulfide) groups is 1. The van der Waals surface area contributed by atoms with Crippen molar-refractivity contribution >= 4 is 93.2 Å². The van der Waals surface area contributed by atoms with E-state index in [0.717, 1.165) is 51.4 Å². The van der Waals surface area contributed by atoms with Gasteiger partial charge in [-0.1, -0.05) is 33.7 Å². The van der Waals surface area contributed by atoms with E-state index >= 15 is 0 Å². The molecular weight excluding hydrogens is 780 g/mol. The third kappa shape index (κ3) is 7.08. The number of rotatable bonds is 13. The van der Waals surface area contributed by atoms with Gasteiger partial charge in [0.2, 0.25) is 16.4 Å². The van der Waals surface area contributed by atoms with Crippen molar-refractivity contribution < 1.29 is 59.2 Å². The minimum atomic E-state index is -2.01. The molecule has 3 aliphatic rings. The van der Waals surface area contributed by atoms with Gasteiger partial charge in [-0.2, -0.15) is 5.10 Å². The molecule has 9 N–H and O–H groups in total. The quantitative estimate of drug-likeness (QED) is 0.0422. The van der Waals surface area contributed by atoms with Gasteiger partial charge in [-0.3, -0.25) is 19.3 Å². The number of urea groups is 1. The summed E-state index contributed by atoms with van der Waals surface area (Å²) in [5.74, 6) is -6.76. The number of hydrogen-bond acceptors (Lipinski definition) is 17. The van der Waals surface area contributed by atoms with Gasteiger partial charge in [0, 0.05) is 17.2 Å². The lowest BCUT2D eigenvalue weighted by Crippen LogP contribution is -2.68. The molecule has 0 bridgehead atoms. The summed E-state index contributed by atoms with van der Waals surface area (Å²) >= 11 is 7.66. The summed E-state index contributed by atoms with van der Waals surface area (Å²) in [6, 6.07) is -0.714. The Morgan fingerprint density at radius 2 is 1.89 bits per heavy atom. The topological polar surface area (TPSA) is 323 Å². The summed E-state index contributed by atoms with van der Waals surface area (Å²) in [5, 5.41) is 65.1. The van der Waals surface area contributed by atoms with Crippen LogP contribution in [-0.2, 0) is 28.8 Å². The molecule has 1 aromatic carbocycles. The maximum Gasteiger partial charge on any atom is 0.350 e. The molecule has 22 nitrogen and oxygen atoms in total. The molecule has 0 aliphatic carbocycles. The molecule has 4 atom stereocenters. The van der Waals surface area contributed by atoms with E-state index in [-0.39, 0.29) is 29.5 Å². The molecule has 25 heteroatoms. The fourth-order valence-electron chi connectivity index (χ4n) is 5.44. The number of hydrogen-bond donors (Lipinski definition) is 8. The normalized spacial score (nSPS) is 23.0. The Kier molecular flexibility index (Phi) is 10.8. The van der Waals surface area contributed by atoms with Crippen molar-refractivity contribution in [2.45, 2.75) is 48.7 Å². The van der Waals surface area contributed by atoms with Crippen LogP contribution in [0.1, 0.15) is 32.0 Å². The van der Waals surface area contributed by atoms with Crippen LogP contribution in [0.5, 0.6) is 11.5 Å². The monoisotopic (exact) mass is 810 g/mol. The number of oxime groups is 2. The number of nitrogen functional groups attached to an aromatic ring is 1. The lowest BCUT2D eigenvalue weighted by molar-refractivity contribution is -0.161. The molecule has 0 unspecified atom stereocenters. The lowest BCUT2D eigenvalue weighted by Gasteiger charge is -2.41. The molecule has 0 radical (unpaired) electrons. The second-order valence-electron chi connectivity index (χ2n) is 12.3. The Balaban J connectivity index is 1.26. The van der Waals surface area contributed by atoms with Gasteiger partial charge in [-0.05, 0) is 32.9 Å². The highest BCUT2D eigenvalue weighted by atomic mass is 35.5. The van der Waals surface area contributed by atoms with Crippen molar-refractivity contribution in [3.63, 3.8) is 0 Å². The number of benzene rings is 1. The molecule has 3 saturated heterocycles. The number of aromatic nitrogens is 1. The SMILES string of the molecule is C[C@H]1CN(/N=C/CNC(=O)/C(=N\O)c2ccc(O)c(O)c2Cl)C(=O)N1[C@]1(C(=O)O)CN2C(=O)[C@@H](NC(=O)/C(=N\OC(C)(C)C(=O)O)c3csc(N)n3)[C@H]2S1. The Bertz CT molecular complexity index is 2030. The van der Waals surface area contributed by atoms with Crippen molar-refractivity contribution in [2.75, 3.05) is 25.4 Å². The fourth-order valence-corrected chi connectivity index (χ4v) is 7.95. The molecular formula is C29H31ClN10O12S2. The number of fused-ring (bicyclic) bond motifs is 1.